The molecule has 0 aliphatic heterocycles. The van der Waals surface area contributed by atoms with Gasteiger partial charge in [-0.15, -0.1) is 0 Å². The van der Waals surface area contributed by atoms with E-state index in [-0.39, 0.29) is 5.41 Å². The van der Waals surface area contributed by atoms with Gasteiger partial charge in [0.1, 0.15) is 17.1 Å². The van der Waals surface area contributed by atoms with E-state index >= 15 is 0 Å². The first kappa shape index (κ1) is 15.9. The molecule has 1 N–H and O–H groups in total. The average Bonchev–Trinajstić information content (AvgIpc) is 2.43. The number of methoxy groups -OCH3 is 1. The molecule has 0 unspecified atom stereocenters. The third kappa shape index (κ3) is 3.24. The Balaban J connectivity index is 2.73. The van der Waals surface area contributed by atoms with Crippen LogP contribution in [0.3, 0.4) is 0 Å². The van der Waals surface area contributed by atoms with Crippen molar-refractivity contribution in [3.05, 3.63) is 28.8 Å². The van der Waals surface area contributed by atoms with Crippen LogP contribution in [-0.4, -0.2) is 18.6 Å². The smallest absolute Gasteiger partial charge is 0.145 e. The van der Waals surface area contributed by atoms with Crippen LogP contribution < -0.4 is 10.1 Å². The number of hydrogen-bond acceptors (Lipinski definition) is 3. The number of nitrogens with zero attached hydrogens (tertiary/aromatic N) is 1. The molecule has 0 spiro atoms. The summed E-state index contributed by atoms with van der Waals surface area (Å²) in [5, 5.41) is 5.06. The molecule has 114 valence electrons. The standard InChI is InChI=1S/C17H23ClN2O/c1-6-9-19-16-12(17(2,3)4)10-11-13(18)7-8-14(21-5)15(11)20-16/h7-8,10H,6,9H2,1-5H3,(H,19,20). The van der Waals surface area contributed by atoms with Crippen LogP contribution in [0.4, 0.5) is 5.82 Å². The predicted molar refractivity (Wildman–Crippen MR) is 90.8 cm³/mol. The second-order valence-electron chi connectivity index (χ2n) is 6.21. The van der Waals surface area contributed by atoms with Crippen LogP contribution in [-0.2, 0) is 5.41 Å². The van der Waals surface area contributed by atoms with Gasteiger partial charge in [0.15, 0.2) is 0 Å². The van der Waals surface area contributed by atoms with Gasteiger partial charge in [-0.2, -0.15) is 0 Å². The highest BCUT2D eigenvalue weighted by molar-refractivity contribution is 6.35. The lowest BCUT2D eigenvalue weighted by Crippen LogP contribution is -2.16. The van der Waals surface area contributed by atoms with Crippen molar-refractivity contribution < 1.29 is 4.74 Å². The van der Waals surface area contributed by atoms with Crippen molar-refractivity contribution in [2.24, 2.45) is 0 Å². The van der Waals surface area contributed by atoms with Crippen LogP contribution >= 0.6 is 11.6 Å². The molecule has 1 aromatic heterocycles. The van der Waals surface area contributed by atoms with E-state index in [1.165, 1.54) is 5.56 Å². The summed E-state index contributed by atoms with van der Waals surface area (Å²) in [6.07, 6.45) is 1.05. The zero-order chi connectivity index (χ0) is 15.6. The Morgan fingerprint density at radius 2 is 2.00 bits per heavy atom. The van der Waals surface area contributed by atoms with Crippen molar-refractivity contribution in [3.63, 3.8) is 0 Å². The summed E-state index contributed by atoms with van der Waals surface area (Å²) in [5.41, 5.74) is 1.96. The molecule has 0 fully saturated rings. The number of fused-ring (bicyclic) bond motifs is 1. The number of rotatable bonds is 4. The van der Waals surface area contributed by atoms with E-state index in [9.17, 15) is 0 Å². The second-order valence-corrected chi connectivity index (χ2v) is 6.61. The van der Waals surface area contributed by atoms with Crippen molar-refractivity contribution >= 4 is 28.3 Å². The van der Waals surface area contributed by atoms with Crippen molar-refractivity contribution in [2.45, 2.75) is 39.5 Å². The number of nitrogens with one attached hydrogen (secondary N) is 1. The fourth-order valence-electron chi connectivity index (χ4n) is 2.32. The van der Waals surface area contributed by atoms with Crippen molar-refractivity contribution in [3.8, 4) is 5.75 Å². The van der Waals surface area contributed by atoms with Gasteiger partial charge in [0.25, 0.3) is 0 Å². The number of aromatic nitrogens is 1. The number of ether oxygens (including phenoxy) is 1. The van der Waals surface area contributed by atoms with Crippen LogP contribution in [0.15, 0.2) is 18.2 Å². The fraction of sp³-hybridized carbons (Fsp3) is 0.471. The highest BCUT2D eigenvalue weighted by Crippen LogP contribution is 2.37. The minimum Gasteiger partial charge on any atom is -0.494 e. The third-order valence-electron chi connectivity index (χ3n) is 3.46. The number of benzene rings is 1. The topological polar surface area (TPSA) is 34.2 Å². The van der Waals surface area contributed by atoms with E-state index < -0.39 is 0 Å². The van der Waals surface area contributed by atoms with E-state index in [1.807, 2.05) is 12.1 Å². The Labute approximate surface area is 131 Å². The maximum absolute atomic E-state index is 6.35. The Bertz CT molecular complexity index is 647. The molecule has 0 bridgehead atoms. The lowest BCUT2D eigenvalue weighted by molar-refractivity contribution is 0.419. The summed E-state index contributed by atoms with van der Waals surface area (Å²) < 4.78 is 5.42. The van der Waals surface area contributed by atoms with Crippen LogP contribution in [0.5, 0.6) is 5.75 Å². The molecule has 1 aromatic carbocycles. The molecule has 2 aromatic rings. The summed E-state index contributed by atoms with van der Waals surface area (Å²) in [4.78, 5) is 4.79. The van der Waals surface area contributed by atoms with Crippen LogP contribution in [0, 0.1) is 0 Å². The first-order valence-electron chi connectivity index (χ1n) is 7.30. The first-order chi connectivity index (χ1) is 9.88. The first-order valence-corrected chi connectivity index (χ1v) is 7.68. The number of pyridine rings is 1. The number of halogens is 1. The van der Waals surface area contributed by atoms with Crippen molar-refractivity contribution in [1.29, 1.82) is 0 Å². The van der Waals surface area contributed by atoms with Gasteiger partial charge in [0.05, 0.1) is 12.1 Å². The molecular formula is C17H23ClN2O. The zero-order valence-electron chi connectivity index (χ0n) is 13.4. The lowest BCUT2D eigenvalue weighted by Gasteiger charge is -2.24. The van der Waals surface area contributed by atoms with E-state index in [1.54, 1.807) is 7.11 Å². The van der Waals surface area contributed by atoms with E-state index in [0.717, 1.165) is 35.4 Å². The molecule has 1 heterocycles. The van der Waals surface area contributed by atoms with Gasteiger partial charge >= 0.3 is 0 Å². The molecule has 0 saturated heterocycles. The molecule has 0 saturated carbocycles. The van der Waals surface area contributed by atoms with Crippen molar-refractivity contribution in [2.75, 3.05) is 19.0 Å². The summed E-state index contributed by atoms with van der Waals surface area (Å²) in [6, 6.07) is 5.85. The molecule has 0 aliphatic rings. The maximum Gasteiger partial charge on any atom is 0.145 e. The fourth-order valence-corrected chi connectivity index (χ4v) is 2.52. The van der Waals surface area contributed by atoms with Gasteiger partial charge in [-0.25, -0.2) is 4.98 Å². The second kappa shape index (κ2) is 6.10. The average molecular weight is 307 g/mol. The van der Waals surface area contributed by atoms with Crippen LogP contribution in [0.1, 0.15) is 39.7 Å². The van der Waals surface area contributed by atoms with Crippen LogP contribution in [0.25, 0.3) is 10.9 Å². The molecular weight excluding hydrogens is 284 g/mol. The molecule has 0 radical (unpaired) electrons. The van der Waals surface area contributed by atoms with Gasteiger partial charge < -0.3 is 10.1 Å². The Morgan fingerprint density at radius 3 is 2.57 bits per heavy atom. The highest BCUT2D eigenvalue weighted by Gasteiger charge is 2.21. The molecule has 4 heteroatoms. The van der Waals surface area contributed by atoms with Crippen LogP contribution in [0.2, 0.25) is 5.02 Å². The molecule has 3 nitrogen and oxygen atoms in total. The SMILES string of the molecule is CCCNc1nc2c(OC)ccc(Cl)c2cc1C(C)(C)C. The van der Waals surface area contributed by atoms with E-state index in [4.69, 9.17) is 21.3 Å². The van der Waals surface area contributed by atoms with Crippen molar-refractivity contribution in [1.82, 2.24) is 4.98 Å². The quantitative estimate of drug-likeness (QED) is 0.861. The highest BCUT2D eigenvalue weighted by atomic mass is 35.5. The third-order valence-corrected chi connectivity index (χ3v) is 3.79. The zero-order valence-corrected chi connectivity index (χ0v) is 14.1. The Morgan fingerprint density at radius 1 is 1.29 bits per heavy atom. The minimum atomic E-state index is -0.0102. The lowest BCUT2D eigenvalue weighted by atomic mass is 9.86. The van der Waals surface area contributed by atoms with Gasteiger partial charge in [0.2, 0.25) is 0 Å². The normalized spacial score (nSPS) is 11.7. The minimum absolute atomic E-state index is 0.0102. The summed E-state index contributed by atoms with van der Waals surface area (Å²) >= 11 is 6.35. The molecule has 0 amide bonds. The largest absolute Gasteiger partial charge is 0.494 e. The molecule has 0 aliphatic carbocycles. The van der Waals surface area contributed by atoms with Gasteiger partial charge in [0, 0.05) is 17.5 Å². The molecule has 21 heavy (non-hydrogen) atoms. The molecule has 0 atom stereocenters. The number of anilines is 1. The van der Waals surface area contributed by atoms with Gasteiger partial charge in [-0.05, 0) is 30.0 Å². The predicted octanol–water partition coefficient (Wildman–Crippen LogP) is 5.02. The Hall–Kier alpha value is -1.48. The summed E-state index contributed by atoms with van der Waals surface area (Å²) in [7, 11) is 1.65. The monoisotopic (exact) mass is 306 g/mol. The maximum atomic E-state index is 6.35. The summed E-state index contributed by atoms with van der Waals surface area (Å²) in [5.74, 6) is 1.66. The summed E-state index contributed by atoms with van der Waals surface area (Å²) in [6.45, 7) is 9.58. The van der Waals surface area contributed by atoms with E-state index in [0.29, 0.717) is 5.02 Å². The Kier molecular flexibility index (Phi) is 4.62. The van der Waals surface area contributed by atoms with Gasteiger partial charge in [-0.1, -0.05) is 39.3 Å². The van der Waals surface area contributed by atoms with E-state index in [2.05, 4.69) is 39.1 Å². The molecule has 2 rings (SSSR count). The van der Waals surface area contributed by atoms with Gasteiger partial charge in [-0.3, -0.25) is 0 Å². The number of hydrogen-bond donors (Lipinski definition) is 1.